The molecule has 0 atom stereocenters. The van der Waals surface area contributed by atoms with Gasteiger partial charge in [0.05, 0.1) is 0 Å². The van der Waals surface area contributed by atoms with E-state index in [0.29, 0.717) is 0 Å². The fraction of sp³-hybridized carbons (Fsp3) is 0. The molecule has 0 fully saturated rings. The Labute approximate surface area is 45.9 Å². The Bertz CT molecular complexity index is 53.1. The number of hydrogen-bond donors (Lipinski definition) is 0. The van der Waals surface area contributed by atoms with Crippen LogP contribution in [0.2, 0.25) is 0 Å². The van der Waals surface area contributed by atoms with Gasteiger partial charge in [-0.1, -0.05) is 12.5 Å². The summed E-state index contributed by atoms with van der Waals surface area (Å²) in [6.07, 6.45) is 6.06. The molecule has 0 radical (unpaired) electrons. The van der Waals surface area contributed by atoms with Gasteiger partial charge in [-0.3, -0.25) is 0 Å². The molecule has 0 spiro atoms. The zero-order valence-corrected chi connectivity index (χ0v) is 3.36. The van der Waals surface area contributed by atoms with Crippen LogP contribution in [-0.2, 0) is 0 Å². The van der Waals surface area contributed by atoms with Gasteiger partial charge in [0.15, 0.2) is 0 Å². The summed E-state index contributed by atoms with van der Waals surface area (Å²) in [5.41, 5.74) is 0. The van der Waals surface area contributed by atoms with Crippen LogP contribution in [0, 0.1) is 12.3 Å². The van der Waals surface area contributed by atoms with Gasteiger partial charge in [-0.15, -0.1) is 6.42 Å². The number of hydrogen-bond acceptors (Lipinski definition) is 0. The average molecular weight is 60.0 g/mol. The van der Waals surface area contributed by atoms with Gasteiger partial charge in [-0.05, 0) is 6.08 Å². The molecular formula is C4H5Li. The molecule has 0 saturated heterocycles. The summed E-state index contributed by atoms with van der Waals surface area (Å²) in [6.45, 7) is 3.24. The summed E-state index contributed by atoms with van der Waals surface area (Å²) in [7, 11) is 0. The van der Waals surface area contributed by atoms with Gasteiger partial charge in [0, 0.05) is 0 Å². The fourth-order valence-corrected chi connectivity index (χ4v) is 0. The number of terminal acetylenes is 1. The molecule has 0 aliphatic rings. The third-order valence-corrected chi connectivity index (χ3v) is 0.118. The smallest absolute Gasteiger partial charge is 1.00 e. The minimum atomic E-state index is 0. The molecule has 0 aromatic carbocycles. The Morgan fingerprint density at radius 1 is 2.00 bits per heavy atom. The molecule has 0 aromatic rings. The maximum absolute atomic E-state index is 4.66. The van der Waals surface area contributed by atoms with Crippen LogP contribution in [0.4, 0.5) is 0 Å². The van der Waals surface area contributed by atoms with Crippen molar-refractivity contribution in [3.63, 3.8) is 0 Å². The van der Waals surface area contributed by atoms with Crippen LogP contribution in [0.5, 0.6) is 0 Å². The molecule has 0 rings (SSSR count). The normalized spacial score (nSPS) is 3.00. The molecule has 0 bridgehead atoms. The molecule has 0 aliphatic heterocycles. The number of rotatable bonds is 0. The van der Waals surface area contributed by atoms with E-state index in [2.05, 4.69) is 18.9 Å². The molecule has 22 valence electrons. The molecule has 1 heteroatoms. The predicted octanol–water partition coefficient (Wildman–Crippen LogP) is -2.08. The third-order valence-electron chi connectivity index (χ3n) is 0.118. The molecule has 0 amide bonds. The molecule has 0 N–H and O–H groups in total. The van der Waals surface area contributed by atoms with Gasteiger partial charge in [0.1, 0.15) is 0 Å². The molecule has 0 aliphatic carbocycles. The second kappa shape index (κ2) is 9.09. The van der Waals surface area contributed by atoms with E-state index in [9.17, 15) is 0 Å². The van der Waals surface area contributed by atoms with Crippen LogP contribution in [0.25, 0.3) is 0 Å². The van der Waals surface area contributed by atoms with Crippen molar-refractivity contribution in [2.45, 2.75) is 0 Å². The Hall–Kier alpha value is -0.103. The Balaban J connectivity index is -0.0000000450. The van der Waals surface area contributed by atoms with E-state index >= 15 is 0 Å². The summed E-state index contributed by atoms with van der Waals surface area (Å²) < 4.78 is 0. The van der Waals surface area contributed by atoms with Gasteiger partial charge in [-0.2, -0.15) is 0 Å². The molecule has 0 aromatic heterocycles. The Morgan fingerprint density at radius 2 is 2.20 bits per heavy atom. The van der Waals surface area contributed by atoms with Gasteiger partial charge in [-0.25, -0.2) is 0 Å². The summed E-state index contributed by atoms with van der Waals surface area (Å²) in [5.74, 6) is 2.19. The van der Waals surface area contributed by atoms with Crippen LogP contribution in [0.1, 0.15) is 1.43 Å². The topological polar surface area (TPSA) is 0 Å². The quantitative estimate of drug-likeness (QED) is 0.222. The SMILES string of the molecule is C#CC=C.[H-].[Li+]. The first-order valence-electron chi connectivity index (χ1n) is 0.986. The first kappa shape index (κ1) is 8.86. The zero-order valence-electron chi connectivity index (χ0n) is 4.36. The van der Waals surface area contributed by atoms with Gasteiger partial charge in [0.25, 0.3) is 0 Å². The van der Waals surface area contributed by atoms with E-state index in [0.717, 1.165) is 0 Å². The Morgan fingerprint density at radius 3 is 2.20 bits per heavy atom. The van der Waals surface area contributed by atoms with Crippen LogP contribution in [-0.4, -0.2) is 0 Å². The molecule has 5 heavy (non-hydrogen) atoms. The largest absolute Gasteiger partial charge is 1.00 e. The fourth-order valence-electron chi connectivity index (χ4n) is 0. The predicted molar refractivity (Wildman–Crippen MR) is 20.1 cm³/mol. The minimum Gasteiger partial charge on any atom is -1.00 e. The van der Waals surface area contributed by atoms with E-state index in [-0.39, 0.29) is 20.3 Å². The summed E-state index contributed by atoms with van der Waals surface area (Å²) in [5, 5.41) is 0. The second-order valence-electron chi connectivity index (χ2n) is 0.371. The monoisotopic (exact) mass is 60.1 g/mol. The van der Waals surface area contributed by atoms with E-state index < -0.39 is 0 Å². The maximum atomic E-state index is 4.66. The zero-order chi connectivity index (χ0) is 3.41. The van der Waals surface area contributed by atoms with Gasteiger partial charge < -0.3 is 1.43 Å². The van der Waals surface area contributed by atoms with Crippen molar-refractivity contribution in [1.82, 2.24) is 0 Å². The summed E-state index contributed by atoms with van der Waals surface area (Å²) >= 11 is 0. The van der Waals surface area contributed by atoms with Gasteiger partial charge >= 0.3 is 18.9 Å². The van der Waals surface area contributed by atoms with Crippen LogP contribution < -0.4 is 18.9 Å². The third kappa shape index (κ3) is 17.4. The molecule has 0 unspecified atom stereocenters. The van der Waals surface area contributed by atoms with Crippen LogP contribution in [0.15, 0.2) is 12.7 Å². The van der Waals surface area contributed by atoms with Crippen LogP contribution >= 0.6 is 0 Å². The van der Waals surface area contributed by atoms with Crippen molar-refractivity contribution in [3.05, 3.63) is 12.7 Å². The maximum Gasteiger partial charge on any atom is 1.00 e. The molecule has 0 saturated carbocycles. The van der Waals surface area contributed by atoms with Crippen molar-refractivity contribution in [1.29, 1.82) is 0 Å². The summed E-state index contributed by atoms with van der Waals surface area (Å²) in [4.78, 5) is 0. The number of allylic oxidation sites excluding steroid dienone is 1. The van der Waals surface area contributed by atoms with Crippen molar-refractivity contribution >= 4 is 0 Å². The van der Waals surface area contributed by atoms with Crippen molar-refractivity contribution in [2.24, 2.45) is 0 Å². The van der Waals surface area contributed by atoms with Crippen molar-refractivity contribution < 1.29 is 20.3 Å². The summed E-state index contributed by atoms with van der Waals surface area (Å²) in [6, 6.07) is 0. The standard InChI is InChI=1S/C4H4.Li.H/c1-3-4-2;;/h1,4H,2H2;;/q;+1;-1. The van der Waals surface area contributed by atoms with Crippen LogP contribution in [0.3, 0.4) is 0 Å². The van der Waals surface area contributed by atoms with E-state index in [1.165, 1.54) is 6.08 Å². The molecular weight excluding hydrogens is 55.0 g/mol. The molecule has 0 heterocycles. The van der Waals surface area contributed by atoms with Crippen molar-refractivity contribution in [3.8, 4) is 12.3 Å². The first-order chi connectivity index (χ1) is 1.91. The Kier molecular flexibility index (Phi) is 16.1. The van der Waals surface area contributed by atoms with E-state index in [4.69, 9.17) is 0 Å². The first-order valence-corrected chi connectivity index (χ1v) is 0.986. The van der Waals surface area contributed by atoms with E-state index in [1.54, 1.807) is 0 Å². The molecule has 0 nitrogen and oxygen atoms in total. The second-order valence-corrected chi connectivity index (χ2v) is 0.371. The van der Waals surface area contributed by atoms with E-state index in [1.807, 2.05) is 0 Å². The average Bonchev–Trinajstić information content (AvgIpc) is 1.37. The van der Waals surface area contributed by atoms with Gasteiger partial charge in [0.2, 0.25) is 0 Å². The minimum absolute atomic E-state index is 0. The van der Waals surface area contributed by atoms with Crippen molar-refractivity contribution in [2.75, 3.05) is 0 Å².